The molecule has 0 spiro atoms. The van der Waals surface area contributed by atoms with Crippen molar-refractivity contribution < 1.29 is 14.0 Å². The number of nitrogens with one attached hydrogen (secondary N) is 2. The van der Waals surface area contributed by atoms with Crippen molar-refractivity contribution in [2.75, 3.05) is 5.32 Å². The van der Waals surface area contributed by atoms with Crippen LogP contribution in [0.4, 0.5) is 9.80 Å². The van der Waals surface area contributed by atoms with Crippen LogP contribution in [0.1, 0.15) is 39.4 Å². The van der Waals surface area contributed by atoms with Crippen molar-refractivity contribution in [3.05, 3.63) is 40.2 Å². The summed E-state index contributed by atoms with van der Waals surface area (Å²) in [5.74, 6) is 0.177. The molecule has 22 heavy (non-hydrogen) atoms. The minimum atomic E-state index is -0.485. The van der Waals surface area contributed by atoms with Crippen molar-refractivity contribution in [1.29, 1.82) is 0 Å². The van der Waals surface area contributed by atoms with E-state index in [9.17, 15) is 9.59 Å². The summed E-state index contributed by atoms with van der Waals surface area (Å²) in [7, 11) is 0. The van der Waals surface area contributed by atoms with Gasteiger partial charge in [0.15, 0.2) is 0 Å². The van der Waals surface area contributed by atoms with Crippen molar-refractivity contribution in [2.45, 2.75) is 32.2 Å². The highest BCUT2D eigenvalue weighted by Crippen LogP contribution is 2.37. The molecule has 0 aliphatic heterocycles. The molecule has 0 saturated carbocycles. The molecule has 0 unspecified atom stereocenters. The fraction of sp³-hybridized carbons (Fsp3) is 0.333. The van der Waals surface area contributed by atoms with Crippen LogP contribution in [0.5, 0.6) is 0 Å². The molecule has 2 aromatic heterocycles. The van der Waals surface area contributed by atoms with Crippen molar-refractivity contribution in [2.24, 2.45) is 5.73 Å². The molecule has 0 saturated heterocycles. The zero-order valence-corrected chi connectivity index (χ0v) is 12.8. The first-order valence-corrected chi connectivity index (χ1v) is 7.98. The van der Waals surface area contributed by atoms with E-state index in [-0.39, 0.29) is 12.6 Å². The first-order valence-electron chi connectivity index (χ1n) is 7.16. The molecule has 116 valence electrons. The number of nitrogens with two attached hydrogens (primary N) is 1. The molecular formula is C15H17N3O3S. The lowest BCUT2D eigenvalue weighted by molar-refractivity contribution is 0.100. The van der Waals surface area contributed by atoms with Gasteiger partial charge in [0.1, 0.15) is 10.8 Å². The van der Waals surface area contributed by atoms with Gasteiger partial charge in [-0.2, -0.15) is 0 Å². The minimum absolute atomic E-state index is 0.288. The van der Waals surface area contributed by atoms with Gasteiger partial charge in [-0.05, 0) is 43.4 Å². The summed E-state index contributed by atoms with van der Waals surface area (Å²) in [4.78, 5) is 24.9. The van der Waals surface area contributed by atoms with Gasteiger partial charge < -0.3 is 15.5 Å². The van der Waals surface area contributed by atoms with Crippen LogP contribution in [-0.2, 0) is 19.4 Å². The summed E-state index contributed by atoms with van der Waals surface area (Å²) in [6.45, 7) is 0.288. The topological polar surface area (TPSA) is 97.4 Å². The molecule has 3 rings (SSSR count). The Morgan fingerprint density at radius 2 is 2.14 bits per heavy atom. The number of hydrogen-bond donors (Lipinski definition) is 3. The molecule has 1 aliphatic rings. The summed E-state index contributed by atoms with van der Waals surface area (Å²) < 4.78 is 5.15. The van der Waals surface area contributed by atoms with Crippen LogP contribution in [0.15, 0.2) is 22.8 Å². The van der Waals surface area contributed by atoms with Crippen LogP contribution in [-0.4, -0.2) is 11.9 Å². The zero-order valence-electron chi connectivity index (χ0n) is 12.0. The van der Waals surface area contributed by atoms with Gasteiger partial charge in [0.25, 0.3) is 5.91 Å². The van der Waals surface area contributed by atoms with E-state index in [4.69, 9.17) is 10.2 Å². The van der Waals surface area contributed by atoms with E-state index in [0.717, 1.165) is 36.1 Å². The molecule has 7 heteroatoms. The van der Waals surface area contributed by atoms with Gasteiger partial charge in [-0.3, -0.25) is 10.1 Å². The van der Waals surface area contributed by atoms with Gasteiger partial charge in [0.05, 0.1) is 18.4 Å². The summed E-state index contributed by atoms with van der Waals surface area (Å²) in [5, 5.41) is 5.97. The van der Waals surface area contributed by atoms with Gasteiger partial charge in [-0.1, -0.05) is 0 Å². The third-order valence-electron chi connectivity index (χ3n) is 3.65. The Morgan fingerprint density at radius 1 is 1.32 bits per heavy atom. The average Bonchev–Trinajstić information content (AvgIpc) is 3.11. The summed E-state index contributed by atoms with van der Waals surface area (Å²) in [6, 6.07) is 3.16. The van der Waals surface area contributed by atoms with Crippen LogP contribution >= 0.6 is 11.3 Å². The lowest BCUT2D eigenvalue weighted by Gasteiger charge is -2.11. The smallest absolute Gasteiger partial charge is 0.320 e. The molecule has 0 atom stereocenters. The predicted molar refractivity (Wildman–Crippen MR) is 84.0 cm³/mol. The van der Waals surface area contributed by atoms with E-state index in [1.807, 2.05) is 0 Å². The van der Waals surface area contributed by atoms with Gasteiger partial charge in [0.2, 0.25) is 0 Å². The maximum absolute atomic E-state index is 12.0. The molecular weight excluding hydrogens is 302 g/mol. The first-order chi connectivity index (χ1) is 10.6. The number of urea groups is 1. The Morgan fingerprint density at radius 3 is 2.86 bits per heavy atom. The Kier molecular flexibility index (Phi) is 4.15. The summed E-state index contributed by atoms with van der Waals surface area (Å²) in [5.41, 5.74) is 6.96. The molecule has 3 amide bonds. The monoisotopic (exact) mass is 319 g/mol. The van der Waals surface area contributed by atoms with Crippen molar-refractivity contribution in [3.63, 3.8) is 0 Å². The maximum Gasteiger partial charge on any atom is 0.320 e. The number of rotatable bonds is 4. The Hall–Kier alpha value is -2.28. The lowest BCUT2D eigenvalue weighted by Crippen LogP contribution is -2.28. The predicted octanol–water partition coefficient (Wildman–Crippen LogP) is 2.64. The maximum atomic E-state index is 12.0. The number of fused-ring (bicyclic) bond motifs is 1. The van der Waals surface area contributed by atoms with Crippen LogP contribution < -0.4 is 16.4 Å². The normalized spacial score (nSPS) is 13.5. The molecule has 4 N–H and O–H groups in total. The van der Waals surface area contributed by atoms with Gasteiger partial charge in [-0.15, -0.1) is 11.3 Å². The fourth-order valence-electron chi connectivity index (χ4n) is 2.64. The SMILES string of the molecule is NC(=O)c1c(NC(=O)NCc2ccco2)sc2c1CCCC2. The van der Waals surface area contributed by atoms with E-state index in [0.29, 0.717) is 16.3 Å². The quantitative estimate of drug-likeness (QED) is 0.808. The molecule has 6 nitrogen and oxygen atoms in total. The lowest BCUT2D eigenvalue weighted by atomic mass is 9.95. The number of furan rings is 1. The van der Waals surface area contributed by atoms with E-state index < -0.39 is 5.91 Å². The number of aryl methyl sites for hydroxylation is 1. The Balaban J connectivity index is 1.72. The largest absolute Gasteiger partial charge is 0.467 e. The van der Waals surface area contributed by atoms with E-state index in [2.05, 4.69) is 10.6 Å². The van der Waals surface area contributed by atoms with Crippen LogP contribution in [0.25, 0.3) is 0 Å². The third kappa shape index (κ3) is 2.99. The molecule has 2 heterocycles. The number of anilines is 1. The minimum Gasteiger partial charge on any atom is -0.467 e. The number of hydrogen-bond acceptors (Lipinski definition) is 4. The van der Waals surface area contributed by atoms with Crippen LogP contribution in [0.3, 0.4) is 0 Å². The number of primary amides is 1. The molecule has 0 bridgehead atoms. The standard InChI is InChI=1S/C15H17N3O3S/c16-13(19)12-10-5-1-2-6-11(10)22-14(12)18-15(20)17-8-9-4-3-7-21-9/h3-4,7H,1-2,5-6,8H2,(H2,16,19)(H2,17,18,20). The first kappa shape index (κ1) is 14.6. The van der Waals surface area contributed by atoms with Crippen LogP contribution in [0, 0.1) is 0 Å². The number of thiophene rings is 1. The van der Waals surface area contributed by atoms with Gasteiger partial charge >= 0.3 is 6.03 Å². The van der Waals surface area contributed by atoms with Crippen molar-refractivity contribution in [3.8, 4) is 0 Å². The average molecular weight is 319 g/mol. The second-order valence-corrected chi connectivity index (χ2v) is 6.27. The fourth-order valence-corrected chi connectivity index (χ4v) is 3.93. The summed E-state index contributed by atoms with van der Waals surface area (Å²) >= 11 is 1.45. The van der Waals surface area contributed by atoms with E-state index in [1.165, 1.54) is 11.3 Å². The van der Waals surface area contributed by atoms with Crippen molar-refractivity contribution >= 4 is 28.3 Å². The second-order valence-electron chi connectivity index (χ2n) is 5.17. The van der Waals surface area contributed by atoms with Gasteiger partial charge in [-0.25, -0.2) is 4.79 Å². The molecule has 2 aromatic rings. The zero-order chi connectivity index (χ0) is 15.5. The number of carbonyl (C=O) groups excluding carboxylic acids is 2. The highest BCUT2D eigenvalue weighted by Gasteiger charge is 2.24. The van der Waals surface area contributed by atoms with Crippen LogP contribution in [0.2, 0.25) is 0 Å². The highest BCUT2D eigenvalue weighted by molar-refractivity contribution is 7.17. The van der Waals surface area contributed by atoms with E-state index >= 15 is 0 Å². The van der Waals surface area contributed by atoms with E-state index in [1.54, 1.807) is 18.4 Å². The Labute approximate surface area is 131 Å². The second kappa shape index (κ2) is 6.23. The highest BCUT2D eigenvalue weighted by atomic mass is 32.1. The molecule has 0 radical (unpaired) electrons. The molecule has 0 fully saturated rings. The van der Waals surface area contributed by atoms with Crippen molar-refractivity contribution in [1.82, 2.24) is 5.32 Å². The molecule has 0 aromatic carbocycles. The Bertz CT molecular complexity index is 691. The van der Waals surface area contributed by atoms with Gasteiger partial charge in [0, 0.05) is 4.88 Å². The third-order valence-corrected chi connectivity index (χ3v) is 4.86. The summed E-state index contributed by atoms with van der Waals surface area (Å²) in [6.07, 6.45) is 5.49. The molecule has 1 aliphatic carbocycles. The number of amides is 3. The number of carbonyl (C=O) groups is 2.